The molecule has 1 nitrogen and oxygen atoms in total. The lowest BCUT2D eigenvalue weighted by Gasteiger charge is -2.23. The predicted molar refractivity (Wildman–Crippen MR) is 90.0 cm³/mol. The van der Waals surface area contributed by atoms with Crippen molar-refractivity contribution in [1.82, 2.24) is 4.57 Å². The Morgan fingerprint density at radius 2 is 1.20 bits per heavy atom. The average molecular weight is 280 g/mol. The van der Waals surface area contributed by atoms with Crippen LogP contribution in [0.1, 0.15) is 0 Å². The second-order valence-corrected chi connectivity index (χ2v) is 8.66. The molecule has 0 saturated heterocycles. The number of nitrogens with zero attached hydrogens (tertiary/aromatic N) is 1. The van der Waals surface area contributed by atoms with Crippen LogP contribution in [0.3, 0.4) is 0 Å². The van der Waals surface area contributed by atoms with Gasteiger partial charge in [0.1, 0.15) is 17.9 Å². The van der Waals surface area contributed by atoms with Crippen molar-refractivity contribution in [1.29, 1.82) is 0 Å². The number of hydrogen-bond donors (Lipinski definition) is 0. The molecule has 20 heavy (non-hydrogen) atoms. The Kier molecular flexibility index (Phi) is 3.46. The van der Waals surface area contributed by atoms with E-state index in [1.165, 1.54) is 16.0 Å². The highest BCUT2D eigenvalue weighted by molar-refractivity contribution is 7.95. The topological polar surface area (TPSA) is 4.93 Å². The molecule has 0 aliphatic rings. The zero-order valence-electron chi connectivity index (χ0n) is 11.9. The van der Waals surface area contributed by atoms with E-state index in [0.717, 1.165) is 0 Å². The summed E-state index contributed by atoms with van der Waals surface area (Å²) in [5, 5.41) is 2.85. The van der Waals surface area contributed by atoms with Crippen molar-refractivity contribution >= 4 is 23.3 Å². The fourth-order valence-electron chi connectivity index (χ4n) is 2.78. The molecule has 100 valence electrons. The molecular weight excluding hydrogens is 261 g/mol. The fourth-order valence-corrected chi connectivity index (χ4v) is 6.23. The van der Waals surface area contributed by atoms with Crippen LogP contribution < -0.4 is 16.0 Å². The summed E-state index contributed by atoms with van der Waals surface area (Å²) in [4.78, 5) is 0. The molecule has 0 spiro atoms. The zero-order valence-corrected chi connectivity index (χ0v) is 12.8. The maximum absolute atomic E-state index is 2.41. The number of benzene rings is 2. The van der Waals surface area contributed by atoms with Crippen molar-refractivity contribution in [2.24, 2.45) is 7.05 Å². The summed E-state index contributed by atoms with van der Waals surface area (Å²) in [6, 6.07) is 26.2. The van der Waals surface area contributed by atoms with Crippen molar-refractivity contribution in [2.45, 2.75) is 0 Å². The third-order valence-electron chi connectivity index (χ3n) is 3.92. The van der Waals surface area contributed by atoms with E-state index in [9.17, 15) is 0 Å². The van der Waals surface area contributed by atoms with E-state index < -0.39 is 7.26 Å². The molecule has 0 radical (unpaired) electrons. The molecule has 0 amide bonds. The minimum Gasteiger partial charge on any atom is -0.322 e. The molecular formula is C18H19NP+. The largest absolute Gasteiger partial charge is 0.322 e. The van der Waals surface area contributed by atoms with Crippen molar-refractivity contribution < 1.29 is 0 Å². The lowest BCUT2D eigenvalue weighted by Crippen LogP contribution is -2.33. The van der Waals surface area contributed by atoms with Gasteiger partial charge in [-0.1, -0.05) is 36.4 Å². The third kappa shape index (κ3) is 2.09. The number of rotatable bonds is 3. The molecule has 2 aromatic carbocycles. The Hall–Kier alpha value is -1.85. The first-order valence-electron chi connectivity index (χ1n) is 6.82. The van der Waals surface area contributed by atoms with Gasteiger partial charge in [-0.2, -0.15) is 0 Å². The van der Waals surface area contributed by atoms with Gasteiger partial charge in [0.2, 0.25) is 0 Å². The molecule has 0 atom stereocenters. The Balaban J connectivity index is 2.27. The molecule has 0 bridgehead atoms. The van der Waals surface area contributed by atoms with Crippen LogP contribution >= 0.6 is 7.26 Å². The highest BCUT2D eigenvalue weighted by Crippen LogP contribution is 2.51. The second-order valence-electron chi connectivity index (χ2n) is 5.15. The van der Waals surface area contributed by atoms with E-state index in [2.05, 4.69) is 97.3 Å². The highest BCUT2D eigenvalue weighted by Gasteiger charge is 2.41. The molecule has 3 rings (SSSR count). The summed E-state index contributed by atoms with van der Waals surface area (Å²) in [6.07, 6.45) is 2.14. The normalized spacial score (nSPS) is 11.5. The standard InChI is InChI=1S/C18H19NP/c1-19-15-9-14-18(19)20(2,16-10-5-3-6-11-16)17-12-7-4-8-13-17/h3-15H,1-2H3/q+1. The molecule has 0 aliphatic heterocycles. The van der Waals surface area contributed by atoms with Crippen LogP contribution in [0.2, 0.25) is 0 Å². The molecule has 0 saturated carbocycles. The molecule has 0 unspecified atom stereocenters. The lowest BCUT2D eigenvalue weighted by atomic mass is 10.4. The number of hydrogen-bond acceptors (Lipinski definition) is 0. The quantitative estimate of drug-likeness (QED) is 0.650. The molecule has 0 aliphatic carbocycles. The van der Waals surface area contributed by atoms with Gasteiger partial charge in [0.15, 0.2) is 5.44 Å². The number of aryl methyl sites for hydroxylation is 1. The van der Waals surface area contributed by atoms with Crippen LogP contribution in [-0.2, 0) is 7.05 Å². The van der Waals surface area contributed by atoms with E-state index in [1.54, 1.807) is 0 Å². The molecule has 2 heteroatoms. The molecule has 1 aromatic heterocycles. The zero-order chi connectivity index (χ0) is 14.0. The van der Waals surface area contributed by atoms with Crippen LogP contribution in [0.5, 0.6) is 0 Å². The van der Waals surface area contributed by atoms with Crippen LogP contribution in [0.15, 0.2) is 79.0 Å². The third-order valence-corrected chi connectivity index (χ3v) is 7.96. The van der Waals surface area contributed by atoms with Crippen LogP contribution in [0.25, 0.3) is 0 Å². The van der Waals surface area contributed by atoms with Crippen LogP contribution in [-0.4, -0.2) is 11.2 Å². The van der Waals surface area contributed by atoms with Crippen LogP contribution in [0.4, 0.5) is 0 Å². The first kappa shape index (κ1) is 13.1. The van der Waals surface area contributed by atoms with Gasteiger partial charge in [0.25, 0.3) is 0 Å². The van der Waals surface area contributed by atoms with Gasteiger partial charge in [0.05, 0.1) is 6.66 Å². The maximum atomic E-state index is 2.41. The van der Waals surface area contributed by atoms with Gasteiger partial charge in [-0.25, -0.2) is 0 Å². The lowest BCUT2D eigenvalue weighted by molar-refractivity contribution is 0.958. The minimum absolute atomic E-state index is 1.41. The van der Waals surface area contributed by atoms with Crippen molar-refractivity contribution in [3.8, 4) is 0 Å². The van der Waals surface area contributed by atoms with E-state index in [-0.39, 0.29) is 0 Å². The minimum atomic E-state index is -1.55. The summed E-state index contributed by atoms with van der Waals surface area (Å²) < 4.78 is 2.26. The summed E-state index contributed by atoms with van der Waals surface area (Å²) in [5.41, 5.74) is 1.41. The molecule has 1 heterocycles. The maximum Gasteiger partial charge on any atom is 0.173 e. The fraction of sp³-hybridized carbons (Fsp3) is 0.111. The Bertz CT molecular complexity index is 646. The van der Waals surface area contributed by atoms with Crippen LogP contribution in [0, 0.1) is 0 Å². The smallest absolute Gasteiger partial charge is 0.173 e. The van der Waals surface area contributed by atoms with Gasteiger partial charge in [-0.3, -0.25) is 0 Å². The van der Waals surface area contributed by atoms with E-state index in [1.807, 2.05) is 0 Å². The Morgan fingerprint density at radius 3 is 1.60 bits per heavy atom. The summed E-state index contributed by atoms with van der Waals surface area (Å²) in [6.45, 7) is 2.41. The SMILES string of the molecule is Cn1cccc1[P+](C)(c1ccccc1)c1ccccc1. The average Bonchev–Trinajstić information content (AvgIpc) is 2.95. The monoisotopic (exact) mass is 280 g/mol. The van der Waals surface area contributed by atoms with Gasteiger partial charge in [-0.05, 0) is 30.3 Å². The van der Waals surface area contributed by atoms with E-state index in [0.29, 0.717) is 0 Å². The Morgan fingerprint density at radius 1 is 0.700 bits per heavy atom. The predicted octanol–water partition coefficient (Wildman–Crippen LogP) is 2.95. The Labute approximate surface area is 121 Å². The van der Waals surface area contributed by atoms with Crippen molar-refractivity contribution in [2.75, 3.05) is 6.66 Å². The summed E-state index contributed by atoms with van der Waals surface area (Å²) >= 11 is 0. The van der Waals surface area contributed by atoms with E-state index in [4.69, 9.17) is 0 Å². The highest BCUT2D eigenvalue weighted by atomic mass is 31.2. The summed E-state index contributed by atoms with van der Waals surface area (Å²) in [5.74, 6) is 0. The number of aromatic nitrogens is 1. The summed E-state index contributed by atoms with van der Waals surface area (Å²) in [7, 11) is 0.585. The van der Waals surface area contributed by atoms with Crippen molar-refractivity contribution in [3.05, 3.63) is 79.0 Å². The first-order chi connectivity index (χ1) is 9.73. The van der Waals surface area contributed by atoms with Crippen molar-refractivity contribution in [3.63, 3.8) is 0 Å². The van der Waals surface area contributed by atoms with Gasteiger partial charge in [0, 0.05) is 19.3 Å². The van der Waals surface area contributed by atoms with E-state index >= 15 is 0 Å². The molecule has 3 aromatic rings. The molecule has 0 fully saturated rings. The first-order valence-corrected chi connectivity index (χ1v) is 9.06. The van der Waals surface area contributed by atoms with Gasteiger partial charge < -0.3 is 4.57 Å². The molecule has 0 N–H and O–H groups in total. The second kappa shape index (κ2) is 5.26. The van der Waals surface area contributed by atoms with Gasteiger partial charge >= 0.3 is 0 Å². The van der Waals surface area contributed by atoms with Gasteiger partial charge in [-0.15, -0.1) is 0 Å².